The largest absolute Gasteiger partial charge is 0.507 e. The first kappa shape index (κ1) is 28.0. The highest BCUT2D eigenvalue weighted by atomic mass is 16.4. The van der Waals surface area contributed by atoms with E-state index in [0.29, 0.717) is 52.6 Å². The Bertz CT molecular complexity index is 1720. The zero-order valence-corrected chi connectivity index (χ0v) is 25.2. The number of aromatic hydroxyl groups is 1. The molecule has 45 heavy (non-hydrogen) atoms. The lowest BCUT2D eigenvalue weighted by atomic mass is 9.63. The third kappa shape index (κ3) is 4.98. The average molecular weight is 603 g/mol. The molecule has 9 nitrogen and oxygen atoms in total. The number of phenols is 1. The van der Waals surface area contributed by atoms with Gasteiger partial charge in [-0.25, -0.2) is 9.97 Å². The van der Waals surface area contributed by atoms with E-state index in [1.807, 2.05) is 30.6 Å². The SMILES string of the molecule is Nc1nnc(-c2ccccc2O)cc1N1CC2CC(c3ncc(-c4ccc([C@H]5CC[C@@H](C(=O)O)CC5)cc4)cn3)C3C(CC23)C1. The first-order valence-corrected chi connectivity index (χ1v) is 16.2. The Morgan fingerprint density at radius 3 is 2.33 bits per heavy atom. The molecule has 2 saturated heterocycles. The van der Waals surface area contributed by atoms with Crippen LogP contribution in [0.5, 0.6) is 5.75 Å². The zero-order valence-electron chi connectivity index (χ0n) is 25.2. The Balaban J connectivity index is 0.950. The third-order valence-corrected chi connectivity index (χ3v) is 11.3. The summed E-state index contributed by atoms with van der Waals surface area (Å²) in [5, 5.41) is 28.2. The van der Waals surface area contributed by atoms with Crippen LogP contribution < -0.4 is 10.6 Å². The van der Waals surface area contributed by atoms with Crippen molar-refractivity contribution in [2.45, 2.75) is 50.4 Å². The van der Waals surface area contributed by atoms with Crippen molar-refractivity contribution in [2.24, 2.45) is 29.6 Å². The Hall–Kier alpha value is -4.53. The van der Waals surface area contributed by atoms with E-state index in [1.54, 1.807) is 12.1 Å². The second kappa shape index (κ2) is 11.1. The van der Waals surface area contributed by atoms with Crippen LogP contribution in [0.1, 0.15) is 61.7 Å². The molecule has 5 atom stereocenters. The van der Waals surface area contributed by atoms with E-state index < -0.39 is 5.97 Å². The number of hydrogen-bond donors (Lipinski definition) is 3. The zero-order chi connectivity index (χ0) is 30.7. The Morgan fingerprint density at radius 1 is 0.867 bits per heavy atom. The molecule has 4 N–H and O–H groups in total. The number of rotatable bonds is 6. The van der Waals surface area contributed by atoms with Crippen LogP contribution in [0.2, 0.25) is 0 Å². The maximum Gasteiger partial charge on any atom is 0.306 e. The van der Waals surface area contributed by atoms with E-state index in [0.717, 1.165) is 67.8 Å². The van der Waals surface area contributed by atoms with Gasteiger partial charge in [0.25, 0.3) is 0 Å². The van der Waals surface area contributed by atoms with Crippen LogP contribution in [0.15, 0.2) is 67.0 Å². The number of aromatic nitrogens is 4. The van der Waals surface area contributed by atoms with E-state index in [9.17, 15) is 15.0 Å². The summed E-state index contributed by atoms with van der Waals surface area (Å²) >= 11 is 0. The van der Waals surface area contributed by atoms with Crippen LogP contribution >= 0.6 is 0 Å². The maximum absolute atomic E-state index is 11.3. The van der Waals surface area contributed by atoms with Crippen molar-refractivity contribution in [2.75, 3.05) is 23.7 Å². The van der Waals surface area contributed by atoms with E-state index in [2.05, 4.69) is 39.4 Å². The molecular weight excluding hydrogens is 564 g/mol. The molecule has 3 saturated carbocycles. The quantitative estimate of drug-likeness (QED) is 0.238. The number of nitrogens with zero attached hydrogens (tertiary/aromatic N) is 5. The summed E-state index contributed by atoms with van der Waals surface area (Å²) in [6, 6.07) is 17.8. The maximum atomic E-state index is 11.3. The number of anilines is 2. The Labute approximate surface area is 262 Å². The van der Waals surface area contributed by atoms with Gasteiger partial charge >= 0.3 is 5.97 Å². The minimum absolute atomic E-state index is 0.183. The molecular formula is C36H38N6O3. The highest BCUT2D eigenvalue weighted by Crippen LogP contribution is 2.62. The number of carbonyl (C=O) groups is 1. The Morgan fingerprint density at radius 2 is 1.60 bits per heavy atom. The van der Waals surface area contributed by atoms with Crippen LogP contribution in [-0.2, 0) is 4.79 Å². The molecule has 4 heterocycles. The molecule has 5 fully saturated rings. The number of carboxylic acids is 1. The minimum atomic E-state index is -0.657. The fourth-order valence-corrected chi connectivity index (χ4v) is 8.90. The third-order valence-electron chi connectivity index (χ3n) is 11.3. The molecule has 2 aliphatic heterocycles. The molecule has 5 aliphatic rings. The van der Waals surface area contributed by atoms with Crippen LogP contribution in [-0.4, -0.2) is 49.4 Å². The van der Waals surface area contributed by atoms with E-state index in [4.69, 9.17) is 15.7 Å². The predicted octanol–water partition coefficient (Wildman–Crippen LogP) is 6.12. The number of nitrogens with two attached hydrogens (primary N) is 1. The number of fused-ring (bicyclic) bond motifs is 2. The van der Waals surface area contributed by atoms with Crippen molar-refractivity contribution in [3.05, 3.63) is 78.4 Å². The van der Waals surface area contributed by atoms with Gasteiger partial charge in [-0.15, -0.1) is 10.2 Å². The number of hydrogen-bond acceptors (Lipinski definition) is 8. The normalized spacial score (nSPS) is 28.7. The van der Waals surface area contributed by atoms with Gasteiger partial charge in [-0.2, -0.15) is 0 Å². The van der Waals surface area contributed by atoms with Gasteiger partial charge in [-0.05, 0) is 97.4 Å². The molecule has 4 aromatic rings. The molecule has 5 unspecified atom stereocenters. The van der Waals surface area contributed by atoms with E-state index in [-0.39, 0.29) is 11.7 Å². The summed E-state index contributed by atoms with van der Waals surface area (Å²) < 4.78 is 0. The minimum Gasteiger partial charge on any atom is -0.507 e. The van der Waals surface area contributed by atoms with Crippen molar-refractivity contribution < 1.29 is 15.0 Å². The Kier molecular flexibility index (Phi) is 6.92. The summed E-state index contributed by atoms with van der Waals surface area (Å²) in [7, 11) is 0. The highest BCUT2D eigenvalue weighted by Gasteiger charge is 2.58. The number of nitrogen functional groups attached to an aromatic ring is 1. The fourth-order valence-electron chi connectivity index (χ4n) is 8.90. The van der Waals surface area contributed by atoms with E-state index >= 15 is 0 Å². The lowest BCUT2D eigenvalue weighted by molar-refractivity contribution is -0.142. The smallest absolute Gasteiger partial charge is 0.306 e. The topological polar surface area (TPSA) is 138 Å². The van der Waals surface area contributed by atoms with Crippen molar-refractivity contribution >= 4 is 17.5 Å². The van der Waals surface area contributed by atoms with Crippen LogP contribution in [0.4, 0.5) is 11.5 Å². The molecule has 2 aromatic heterocycles. The summed E-state index contributed by atoms with van der Waals surface area (Å²) in [4.78, 5) is 23.5. The van der Waals surface area contributed by atoms with Crippen molar-refractivity contribution in [3.8, 4) is 28.1 Å². The second-order valence-corrected chi connectivity index (χ2v) is 13.6. The highest BCUT2D eigenvalue weighted by molar-refractivity contribution is 5.74. The fraction of sp³-hybridized carbons (Fsp3) is 0.417. The first-order chi connectivity index (χ1) is 21.9. The molecule has 0 amide bonds. The summed E-state index contributed by atoms with van der Waals surface area (Å²) in [5.41, 5.74) is 12.0. The monoisotopic (exact) mass is 602 g/mol. The van der Waals surface area contributed by atoms with Gasteiger partial charge in [0.15, 0.2) is 5.82 Å². The van der Waals surface area contributed by atoms with Gasteiger partial charge in [-0.1, -0.05) is 36.4 Å². The molecule has 3 aliphatic carbocycles. The number of carboxylic acid groups (broad SMARTS) is 1. The predicted molar refractivity (Wildman–Crippen MR) is 171 cm³/mol. The summed E-state index contributed by atoms with van der Waals surface area (Å²) in [6.45, 7) is 1.85. The number of phenolic OH excluding ortho intramolecular Hbond substituents is 1. The number of para-hydroxylation sites is 1. The lowest BCUT2D eigenvalue weighted by Gasteiger charge is -2.43. The van der Waals surface area contributed by atoms with E-state index in [1.165, 1.54) is 12.0 Å². The van der Waals surface area contributed by atoms with Gasteiger partial charge in [0.05, 0.1) is 17.3 Å². The molecule has 0 radical (unpaired) electrons. The van der Waals surface area contributed by atoms with Gasteiger partial charge in [0.2, 0.25) is 0 Å². The molecule has 0 spiro atoms. The van der Waals surface area contributed by atoms with Crippen molar-refractivity contribution in [1.29, 1.82) is 0 Å². The second-order valence-electron chi connectivity index (χ2n) is 13.6. The first-order valence-electron chi connectivity index (χ1n) is 16.2. The van der Waals surface area contributed by atoms with Crippen LogP contribution in [0.3, 0.4) is 0 Å². The summed E-state index contributed by atoms with van der Waals surface area (Å²) in [5.74, 6) is 3.90. The lowest BCUT2D eigenvalue weighted by Crippen LogP contribution is -2.40. The van der Waals surface area contributed by atoms with Gasteiger partial charge in [0, 0.05) is 42.5 Å². The molecule has 9 rings (SSSR count). The number of aliphatic carboxylic acids is 1. The van der Waals surface area contributed by atoms with Gasteiger partial charge in [0.1, 0.15) is 11.6 Å². The molecule has 9 heteroatoms. The van der Waals surface area contributed by atoms with Crippen molar-refractivity contribution in [3.63, 3.8) is 0 Å². The molecule has 2 aromatic carbocycles. The summed E-state index contributed by atoms with van der Waals surface area (Å²) in [6.07, 6.45) is 9.65. The van der Waals surface area contributed by atoms with Crippen molar-refractivity contribution in [1.82, 2.24) is 20.2 Å². The standard InChI is InChI=1S/C36H38N6O3/c37-34-31(15-30(40-41-34)27-3-1-2-4-32(27)43)42-18-24-13-29(33-25(19-42)14-28(24)33)35-38-16-26(17-39-35)22-7-5-20(6-8-22)21-9-11-23(12-10-21)36(44)45/h1-8,15-17,21,23-25,28-29,33,43H,9-14,18-19H2,(H2,37,41)(H,44,45)/t21-,23+,24?,25?,28?,29?,33?. The van der Waals surface area contributed by atoms with Crippen LogP contribution in [0, 0.1) is 29.6 Å². The van der Waals surface area contributed by atoms with Gasteiger partial charge in [-0.3, -0.25) is 4.79 Å². The van der Waals surface area contributed by atoms with Gasteiger partial charge < -0.3 is 20.8 Å². The average Bonchev–Trinajstić information content (AvgIpc) is 3.15. The molecule has 4 bridgehead atoms. The molecule has 230 valence electrons. The number of benzene rings is 2. The van der Waals surface area contributed by atoms with Crippen LogP contribution in [0.25, 0.3) is 22.4 Å².